The molecule has 0 aromatic rings. The molecule has 2 aliphatic carbocycles. The van der Waals surface area contributed by atoms with Gasteiger partial charge in [-0.25, -0.2) is 0 Å². The minimum Gasteiger partial charge on any atom is -0.316 e. The average Bonchev–Trinajstić information content (AvgIpc) is 2.76. The third kappa shape index (κ3) is 2.48. The molecule has 0 heterocycles. The second-order valence-electron chi connectivity index (χ2n) is 4.89. The zero-order chi connectivity index (χ0) is 8.39. The first-order valence-electron chi connectivity index (χ1n) is 5.55. The van der Waals surface area contributed by atoms with Gasteiger partial charge >= 0.3 is 0 Å². The topological polar surface area (TPSA) is 12.0 Å². The molecule has 12 heavy (non-hydrogen) atoms. The van der Waals surface area contributed by atoms with E-state index in [-0.39, 0.29) is 0 Å². The van der Waals surface area contributed by atoms with Crippen LogP contribution in [0.4, 0.5) is 0 Å². The fraction of sp³-hybridized carbons (Fsp3) is 1.00. The normalized spacial score (nSPS) is 35.8. The summed E-state index contributed by atoms with van der Waals surface area (Å²) in [5.41, 5.74) is 0. The van der Waals surface area contributed by atoms with Crippen LogP contribution < -0.4 is 5.32 Å². The average molecular weight is 167 g/mol. The predicted octanol–water partition coefficient (Wildman–Crippen LogP) is 2.42. The molecule has 1 heteroatoms. The lowest BCUT2D eigenvalue weighted by atomic mass is 10.1. The van der Waals surface area contributed by atoms with Crippen LogP contribution in [0.25, 0.3) is 0 Å². The van der Waals surface area contributed by atoms with Crippen molar-refractivity contribution in [1.29, 1.82) is 0 Å². The quantitative estimate of drug-likeness (QED) is 0.678. The molecular formula is C11H21N. The van der Waals surface area contributed by atoms with Crippen molar-refractivity contribution in [1.82, 2.24) is 5.32 Å². The zero-order valence-electron chi connectivity index (χ0n) is 8.18. The first-order valence-corrected chi connectivity index (χ1v) is 5.55. The molecule has 0 aromatic carbocycles. The second kappa shape index (κ2) is 3.78. The molecule has 2 atom stereocenters. The van der Waals surface area contributed by atoms with Gasteiger partial charge in [-0.15, -0.1) is 0 Å². The summed E-state index contributed by atoms with van der Waals surface area (Å²) in [6, 6.07) is 0. The van der Waals surface area contributed by atoms with E-state index in [1.165, 1.54) is 45.2 Å². The van der Waals surface area contributed by atoms with Crippen LogP contribution >= 0.6 is 0 Å². The SMILES string of the molecule is CC1CCC(CNCC2CC2)C1. The van der Waals surface area contributed by atoms with Crippen LogP contribution in [0.1, 0.15) is 39.0 Å². The number of nitrogens with one attached hydrogen (secondary N) is 1. The van der Waals surface area contributed by atoms with E-state index in [9.17, 15) is 0 Å². The highest BCUT2D eigenvalue weighted by Crippen LogP contribution is 2.30. The molecule has 1 nitrogen and oxygen atoms in total. The Morgan fingerprint density at radius 1 is 1.00 bits per heavy atom. The van der Waals surface area contributed by atoms with E-state index in [2.05, 4.69) is 12.2 Å². The number of hydrogen-bond donors (Lipinski definition) is 1. The van der Waals surface area contributed by atoms with E-state index in [0.717, 1.165) is 17.8 Å². The van der Waals surface area contributed by atoms with Gasteiger partial charge < -0.3 is 5.32 Å². The van der Waals surface area contributed by atoms with Crippen molar-refractivity contribution in [2.75, 3.05) is 13.1 Å². The lowest BCUT2D eigenvalue weighted by Crippen LogP contribution is -2.23. The van der Waals surface area contributed by atoms with Crippen molar-refractivity contribution in [2.45, 2.75) is 39.0 Å². The third-order valence-corrected chi connectivity index (χ3v) is 3.37. The van der Waals surface area contributed by atoms with E-state index in [4.69, 9.17) is 0 Å². The Morgan fingerprint density at radius 2 is 1.67 bits per heavy atom. The fourth-order valence-electron chi connectivity index (χ4n) is 2.32. The van der Waals surface area contributed by atoms with Gasteiger partial charge in [0.25, 0.3) is 0 Å². The standard InChI is InChI=1S/C11H21N/c1-9-2-3-11(6-9)8-12-7-10-4-5-10/h9-12H,2-8H2,1H3. The van der Waals surface area contributed by atoms with Crippen molar-refractivity contribution in [3.63, 3.8) is 0 Å². The van der Waals surface area contributed by atoms with Gasteiger partial charge in [0.2, 0.25) is 0 Å². The summed E-state index contributed by atoms with van der Waals surface area (Å²) in [4.78, 5) is 0. The summed E-state index contributed by atoms with van der Waals surface area (Å²) in [7, 11) is 0. The van der Waals surface area contributed by atoms with E-state index in [0.29, 0.717) is 0 Å². The van der Waals surface area contributed by atoms with Crippen LogP contribution in [-0.2, 0) is 0 Å². The van der Waals surface area contributed by atoms with Gasteiger partial charge in [-0.05, 0) is 56.5 Å². The van der Waals surface area contributed by atoms with Gasteiger partial charge in [0.05, 0.1) is 0 Å². The lowest BCUT2D eigenvalue weighted by molar-refractivity contribution is 0.465. The predicted molar refractivity (Wildman–Crippen MR) is 52.1 cm³/mol. The molecular weight excluding hydrogens is 146 g/mol. The molecule has 0 amide bonds. The summed E-state index contributed by atoms with van der Waals surface area (Å²) >= 11 is 0. The molecule has 0 aromatic heterocycles. The Kier molecular flexibility index (Phi) is 2.69. The summed E-state index contributed by atoms with van der Waals surface area (Å²) in [6.45, 7) is 4.98. The first kappa shape index (κ1) is 8.55. The van der Waals surface area contributed by atoms with Crippen molar-refractivity contribution in [3.05, 3.63) is 0 Å². The van der Waals surface area contributed by atoms with Crippen molar-refractivity contribution >= 4 is 0 Å². The highest BCUT2D eigenvalue weighted by atomic mass is 14.9. The Hall–Kier alpha value is -0.0400. The first-order chi connectivity index (χ1) is 5.84. The summed E-state index contributed by atoms with van der Waals surface area (Å²) in [5, 5.41) is 3.61. The monoisotopic (exact) mass is 167 g/mol. The summed E-state index contributed by atoms with van der Waals surface area (Å²) < 4.78 is 0. The minimum atomic E-state index is 0.998. The van der Waals surface area contributed by atoms with Crippen LogP contribution in [0.3, 0.4) is 0 Å². The van der Waals surface area contributed by atoms with Crippen molar-refractivity contribution in [3.8, 4) is 0 Å². The van der Waals surface area contributed by atoms with Crippen LogP contribution in [-0.4, -0.2) is 13.1 Å². The molecule has 0 aliphatic heterocycles. The third-order valence-electron chi connectivity index (χ3n) is 3.37. The van der Waals surface area contributed by atoms with Crippen LogP contribution in [0, 0.1) is 17.8 Å². The largest absolute Gasteiger partial charge is 0.316 e. The molecule has 1 N–H and O–H groups in total. The minimum absolute atomic E-state index is 0.998. The van der Waals surface area contributed by atoms with Gasteiger partial charge in [-0.3, -0.25) is 0 Å². The molecule has 2 saturated carbocycles. The van der Waals surface area contributed by atoms with E-state index in [1.807, 2.05) is 0 Å². The Labute approximate surface area is 75.9 Å². The summed E-state index contributed by atoms with van der Waals surface area (Å²) in [5.74, 6) is 3.04. The van der Waals surface area contributed by atoms with Crippen molar-refractivity contribution in [2.24, 2.45) is 17.8 Å². The van der Waals surface area contributed by atoms with E-state index >= 15 is 0 Å². The Morgan fingerprint density at radius 3 is 2.25 bits per heavy atom. The van der Waals surface area contributed by atoms with Crippen LogP contribution in [0.2, 0.25) is 0 Å². The van der Waals surface area contributed by atoms with Gasteiger partial charge in [-0.2, -0.15) is 0 Å². The zero-order valence-corrected chi connectivity index (χ0v) is 8.18. The molecule has 2 unspecified atom stereocenters. The number of rotatable bonds is 4. The summed E-state index contributed by atoms with van der Waals surface area (Å²) in [6.07, 6.45) is 7.37. The molecule has 0 spiro atoms. The van der Waals surface area contributed by atoms with Gasteiger partial charge in [0.1, 0.15) is 0 Å². The second-order valence-corrected chi connectivity index (χ2v) is 4.89. The molecule has 2 aliphatic rings. The van der Waals surface area contributed by atoms with Crippen LogP contribution in [0.15, 0.2) is 0 Å². The van der Waals surface area contributed by atoms with Crippen molar-refractivity contribution < 1.29 is 0 Å². The van der Waals surface area contributed by atoms with Gasteiger partial charge in [0, 0.05) is 0 Å². The Balaban J connectivity index is 1.54. The van der Waals surface area contributed by atoms with Crippen LogP contribution in [0.5, 0.6) is 0 Å². The smallest absolute Gasteiger partial charge is 0.00203 e. The fourth-order valence-corrected chi connectivity index (χ4v) is 2.32. The number of hydrogen-bond acceptors (Lipinski definition) is 1. The molecule has 0 radical (unpaired) electrons. The molecule has 2 fully saturated rings. The molecule has 0 saturated heterocycles. The molecule has 2 rings (SSSR count). The Bertz CT molecular complexity index is 140. The molecule has 70 valence electrons. The maximum atomic E-state index is 3.61. The maximum absolute atomic E-state index is 3.61. The van der Waals surface area contributed by atoms with E-state index < -0.39 is 0 Å². The molecule has 0 bridgehead atoms. The van der Waals surface area contributed by atoms with E-state index in [1.54, 1.807) is 0 Å². The maximum Gasteiger partial charge on any atom is -0.00203 e. The highest BCUT2D eigenvalue weighted by Gasteiger charge is 2.23. The lowest BCUT2D eigenvalue weighted by Gasteiger charge is -2.10. The van der Waals surface area contributed by atoms with Gasteiger partial charge in [-0.1, -0.05) is 13.3 Å². The highest BCUT2D eigenvalue weighted by molar-refractivity contribution is 4.78. The van der Waals surface area contributed by atoms with Gasteiger partial charge in [0.15, 0.2) is 0 Å².